The van der Waals surface area contributed by atoms with E-state index in [0.717, 1.165) is 66.0 Å². The van der Waals surface area contributed by atoms with Crippen LogP contribution in [0.25, 0.3) is 0 Å². The van der Waals surface area contributed by atoms with Crippen LogP contribution in [0.15, 0.2) is 0 Å². The van der Waals surface area contributed by atoms with E-state index in [1.165, 1.54) is 0 Å². The number of nitrogens with one attached hydrogen (secondary N) is 1. The summed E-state index contributed by atoms with van der Waals surface area (Å²) in [5, 5.41) is 0. The van der Waals surface area contributed by atoms with Gasteiger partial charge in [0, 0.05) is 24.2 Å². The third-order valence-corrected chi connectivity index (χ3v) is 5.57. The van der Waals surface area contributed by atoms with Crippen LogP contribution in [0.4, 0.5) is 5.82 Å². The molecule has 1 aliphatic carbocycles. The fourth-order valence-electron chi connectivity index (χ4n) is 3.12. The van der Waals surface area contributed by atoms with Gasteiger partial charge in [-0.1, -0.05) is 6.92 Å². The van der Waals surface area contributed by atoms with Crippen LogP contribution in [0.5, 0.6) is 0 Å². The number of rotatable bonds is 3. The molecule has 0 saturated heterocycles. The maximum absolute atomic E-state index is 5.87. The van der Waals surface area contributed by atoms with E-state index < -0.39 is 0 Å². The van der Waals surface area contributed by atoms with Crippen molar-refractivity contribution in [1.29, 1.82) is 0 Å². The number of thioether (sulfide) groups is 1. The lowest BCUT2D eigenvalue weighted by atomic mass is 9.79. The van der Waals surface area contributed by atoms with Gasteiger partial charge in [-0.3, -0.25) is 0 Å². The summed E-state index contributed by atoms with van der Waals surface area (Å²) in [4.78, 5) is 9.47. The molecule has 1 aromatic heterocycles. The van der Waals surface area contributed by atoms with Crippen LogP contribution in [0.3, 0.4) is 0 Å². The number of nitrogen functional groups attached to an aromatic ring is 1. The molecular formula is C14H22N4OS. The molecule has 0 unspecified atom stereocenters. The Balaban J connectivity index is 2.00. The highest BCUT2D eigenvalue weighted by Crippen LogP contribution is 2.42. The average Bonchev–Trinajstić information content (AvgIpc) is 2.96. The Labute approximate surface area is 124 Å². The summed E-state index contributed by atoms with van der Waals surface area (Å²) in [7, 11) is 1.77. The molecule has 20 heavy (non-hydrogen) atoms. The van der Waals surface area contributed by atoms with Gasteiger partial charge in [0.2, 0.25) is 0 Å². The van der Waals surface area contributed by atoms with E-state index in [1.807, 2.05) is 11.8 Å². The highest BCUT2D eigenvalue weighted by molar-refractivity contribution is 7.98. The van der Waals surface area contributed by atoms with Crippen molar-refractivity contribution in [2.75, 3.05) is 12.5 Å². The molecule has 0 radical (unpaired) electrons. The van der Waals surface area contributed by atoms with Gasteiger partial charge in [0.15, 0.2) is 5.82 Å². The van der Waals surface area contributed by atoms with Gasteiger partial charge in [0.1, 0.15) is 11.4 Å². The number of ether oxygens (including phenoxy) is 1. The van der Waals surface area contributed by atoms with E-state index in [1.54, 1.807) is 7.11 Å². The zero-order valence-electron chi connectivity index (χ0n) is 12.1. The van der Waals surface area contributed by atoms with Gasteiger partial charge < -0.3 is 10.2 Å². The van der Waals surface area contributed by atoms with E-state index in [9.17, 15) is 0 Å². The Morgan fingerprint density at radius 3 is 2.70 bits per heavy atom. The molecule has 0 spiro atoms. The zero-order chi connectivity index (χ0) is 14.2. The molecule has 3 N–H and O–H groups in total. The van der Waals surface area contributed by atoms with Crippen molar-refractivity contribution in [1.82, 2.24) is 9.97 Å². The van der Waals surface area contributed by atoms with Gasteiger partial charge in [-0.05, 0) is 31.6 Å². The third kappa shape index (κ3) is 2.29. The second kappa shape index (κ2) is 5.50. The van der Waals surface area contributed by atoms with Crippen LogP contribution in [0.2, 0.25) is 0 Å². The Morgan fingerprint density at radius 2 is 2.05 bits per heavy atom. The Kier molecular flexibility index (Phi) is 3.88. The second-order valence-electron chi connectivity index (χ2n) is 5.84. The number of anilines is 1. The molecule has 2 aliphatic rings. The second-order valence-corrected chi connectivity index (χ2v) is 6.82. The number of hydrogen-bond acceptors (Lipinski definition) is 6. The summed E-state index contributed by atoms with van der Waals surface area (Å²) in [6.07, 6.45) is 4.30. The van der Waals surface area contributed by atoms with Crippen molar-refractivity contribution in [3.05, 3.63) is 17.1 Å². The number of nitrogens with zero attached hydrogens (tertiary/aromatic N) is 2. The molecule has 110 valence electrons. The molecule has 0 atom stereocenters. The lowest BCUT2D eigenvalue weighted by Crippen LogP contribution is -2.36. The van der Waals surface area contributed by atoms with Crippen LogP contribution in [0, 0.1) is 5.92 Å². The van der Waals surface area contributed by atoms with Gasteiger partial charge in [-0.15, -0.1) is 0 Å². The predicted octanol–water partition coefficient (Wildman–Crippen LogP) is 2.56. The van der Waals surface area contributed by atoms with Crippen LogP contribution in [0.1, 0.15) is 49.7 Å². The fraction of sp³-hybridized carbons (Fsp3) is 0.714. The molecule has 6 heteroatoms. The Hall–Kier alpha value is -0.850. The lowest BCUT2D eigenvalue weighted by Gasteiger charge is -2.37. The molecule has 1 saturated carbocycles. The van der Waals surface area contributed by atoms with Crippen molar-refractivity contribution < 1.29 is 4.74 Å². The van der Waals surface area contributed by atoms with E-state index in [0.29, 0.717) is 0 Å². The van der Waals surface area contributed by atoms with Crippen molar-refractivity contribution in [2.24, 2.45) is 11.8 Å². The summed E-state index contributed by atoms with van der Waals surface area (Å²) in [5.41, 5.74) is 4.67. The third-order valence-electron chi connectivity index (χ3n) is 4.59. The maximum Gasteiger partial charge on any atom is 0.162 e. The van der Waals surface area contributed by atoms with Crippen LogP contribution in [-0.2, 0) is 21.8 Å². The van der Waals surface area contributed by atoms with Crippen LogP contribution < -0.4 is 11.3 Å². The minimum atomic E-state index is -0.333. The van der Waals surface area contributed by atoms with Gasteiger partial charge in [0.05, 0.1) is 5.69 Å². The van der Waals surface area contributed by atoms with Crippen molar-refractivity contribution >= 4 is 17.6 Å². The van der Waals surface area contributed by atoms with Crippen LogP contribution >= 0.6 is 11.8 Å². The quantitative estimate of drug-likeness (QED) is 0.659. The minimum Gasteiger partial charge on any atom is -0.370 e. The summed E-state index contributed by atoms with van der Waals surface area (Å²) in [5.74, 6) is 9.85. The molecule has 1 aliphatic heterocycles. The van der Waals surface area contributed by atoms with Gasteiger partial charge in [-0.25, -0.2) is 15.8 Å². The number of nitrogens with two attached hydrogens (primary N) is 1. The van der Waals surface area contributed by atoms with Crippen molar-refractivity contribution in [3.8, 4) is 0 Å². The monoisotopic (exact) mass is 294 g/mol. The summed E-state index contributed by atoms with van der Waals surface area (Å²) >= 11 is 1.86. The maximum atomic E-state index is 5.87. The normalized spacial score (nSPS) is 29.2. The molecule has 0 aromatic carbocycles. The van der Waals surface area contributed by atoms with E-state index in [-0.39, 0.29) is 5.60 Å². The first-order chi connectivity index (χ1) is 9.68. The molecule has 1 fully saturated rings. The molecule has 2 heterocycles. The largest absolute Gasteiger partial charge is 0.370 e. The average molecular weight is 294 g/mol. The SMILES string of the molecule is COC1(c2nc3c(c(NN)n2)CSC3)CCC(C)CC1. The fourth-order valence-corrected chi connectivity index (χ4v) is 4.16. The van der Waals surface area contributed by atoms with Crippen molar-refractivity contribution in [2.45, 2.75) is 49.7 Å². The van der Waals surface area contributed by atoms with Gasteiger partial charge in [-0.2, -0.15) is 11.8 Å². The molecule has 0 bridgehead atoms. The van der Waals surface area contributed by atoms with Crippen LogP contribution in [-0.4, -0.2) is 17.1 Å². The van der Waals surface area contributed by atoms with Gasteiger partial charge >= 0.3 is 0 Å². The number of methoxy groups -OCH3 is 1. The van der Waals surface area contributed by atoms with E-state index in [2.05, 4.69) is 17.3 Å². The van der Waals surface area contributed by atoms with Crippen molar-refractivity contribution in [3.63, 3.8) is 0 Å². The summed E-state index contributed by atoms with van der Waals surface area (Å²) in [6, 6.07) is 0. The van der Waals surface area contributed by atoms with E-state index >= 15 is 0 Å². The first kappa shape index (κ1) is 14.1. The first-order valence-electron chi connectivity index (χ1n) is 7.18. The topological polar surface area (TPSA) is 73.1 Å². The number of hydrogen-bond donors (Lipinski definition) is 2. The molecule has 5 nitrogen and oxygen atoms in total. The number of aromatic nitrogens is 2. The Morgan fingerprint density at radius 1 is 1.30 bits per heavy atom. The predicted molar refractivity (Wildman–Crippen MR) is 81.2 cm³/mol. The molecule has 3 rings (SSSR count). The smallest absolute Gasteiger partial charge is 0.162 e. The Bertz CT molecular complexity index is 500. The highest BCUT2D eigenvalue weighted by Gasteiger charge is 2.39. The summed E-state index contributed by atoms with van der Waals surface area (Å²) < 4.78 is 5.87. The van der Waals surface area contributed by atoms with Gasteiger partial charge in [0.25, 0.3) is 0 Å². The molecular weight excluding hydrogens is 272 g/mol. The molecule has 1 aromatic rings. The van der Waals surface area contributed by atoms with E-state index in [4.69, 9.17) is 15.6 Å². The zero-order valence-corrected chi connectivity index (χ0v) is 12.9. The standard InChI is InChI=1S/C14H22N4OS/c1-9-3-5-14(19-2,6-4-9)13-16-11-8-20-7-10(11)12(17-13)18-15/h9H,3-8,15H2,1-2H3,(H,16,17,18). The minimum absolute atomic E-state index is 0.333. The highest BCUT2D eigenvalue weighted by atomic mass is 32.2. The lowest BCUT2D eigenvalue weighted by molar-refractivity contribution is -0.0597. The number of hydrazine groups is 1. The number of fused-ring (bicyclic) bond motifs is 1. The summed E-state index contributed by atoms with van der Waals surface area (Å²) in [6.45, 7) is 2.30. The first-order valence-corrected chi connectivity index (χ1v) is 8.34. The molecule has 0 amide bonds.